The minimum absolute atomic E-state index is 0.335. The van der Waals surface area contributed by atoms with Gasteiger partial charge in [-0.3, -0.25) is 0 Å². The lowest BCUT2D eigenvalue weighted by atomic mass is 9.86. The highest BCUT2D eigenvalue weighted by Gasteiger charge is 2.53. The molecule has 1 aromatic heterocycles. The van der Waals surface area contributed by atoms with E-state index in [0.29, 0.717) is 0 Å². The van der Waals surface area contributed by atoms with Crippen molar-refractivity contribution in [2.75, 3.05) is 11.9 Å². The van der Waals surface area contributed by atoms with E-state index < -0.39 is 7.12 Å². The molecule has 5 nitrogen and oxygen atoms in total. The second-order valence-corrected chi connectivity index (χ2v) is 6.53. The molecule has 1 fully saturated rings. The smallest absolute Gasteiger partial charge is 0.398 e. The Morgan fingerprint density at radius 3 is 2.44 bits per heavy atom. The number of fused-ring (bicyclic) bond motifs is 1. The highest BCUT2D eigenvalue weighted by molar-refractivity contribution is 9.10. The van der Waals surface area contributed by atoms with Gasteiger partial charge in [-0.2, -0.15) is 0 Å². The summed E-state index contributed by atoms with van der Waals surface area (Å²) in [6.45, 7) is 10.0. The average Bonchev–Trinajstić information content (AvgIpc) is 2.84. The zero-order chi connectivity index (χ0) is 13.1. The van der Waals surface area contributed by atoms with Crippen molar-refractivity contribution in [3.05, 3.63) is 4.60 Å². The lowest BCUT2D eigenvalue weighted by molar-refractivity contribution is 0.00578. The molecule has 0 aliphatic carbocycles. The number of anilines is 1. The molecule has 1 aromatic rings. The van der Waals surface area contributed by atoms with Gasteiger partial charge in [-0.05, 0) is 43.6 Å². The van der Waals surface area contributed by atoms with Crippen LogP contribution in [0.3, 0.4) is 0 Å². The fourth-order valence-electron chi connectivity index (χ4n) is 2.18. The van der Waals surface area contributed by atoms with Crippen molar-refractivity contribution in [2.24, 2.45) is 0 Å². The SMILES string of the molecule is CC1(C)OB(c2nc3n(c2Br)CCN3)OC1(C)C. The Morgan fingerprint density at radius 2 is 1.89 bits per heavy atom. The van der Waals surface area contributed by atoms with Crippen LogP contribution in [0.5, 0.6) is 0 Å². The minimum Gasteiger partial charge on any atom is -0.398 e. The molecular formula is C11H17BBrN3O2. The Balaban J connectivity index is 1.94. The molecule has 3 rings (SSSR count). The summed E-state index contributed by atoms with van der Waals surface area (Å²) in [7, 11) is -0.413. The predicted molar refractivity (Wildman–Crippen MR) is 74.1 cm³/mol. The molecule has 0 radical (unpaired) electrons. The maximum Gasteiger partial charge on any atom is 0.517 e. The lowest BCUT2D eigenvalue weighted by Gasteiger charge is -2.32. The standard InChI is InChI=1S/C11H17BBrN3O2/c1-10(2)11(3,4)18-12(17-10)7-8(13)16-6-5-14-9(16)15-7/h5-6H2,1-4H3,(H,14,15). The Kier molecular flexibility index (Phi) is 2.60. The van der Waals surface area contributed by atoms with Crippen LogP contribution in [0.15, 0.2) is 4.60 Å². The normalized spacial score (nSPS) is 24.2. The van der Waals surface area contributed by atoms with Gasteiger partial charge in [-0.1, -0.05) is 0 Å². The molecule has 2 aliphatic heterocycles. The molecule has 0 atom stereocenters. The van der Waals surface area contributed by atoms with Gasteiger partial charge in [-0.15, -0.1) is 0 Å². The fraction of sp³-hybridized carbons (Fsp3) is 0.727. The van der Waals surface area contributed by atoms with E-state index in [-0.39, 0.29) is 11.2 Å². The van der Waals surface area contributed by atoms with E-state index in [4.69, 9.17) is 9.31 Å². The largest absolute Gasteiger partial charge is 0.517 e. The zero-order valence-electron chi connectivity index (χ0n) is 11.1. The number of hydrogen-bond acceptors (Lipinski definition) is 4. The van der Waals surface area contributed by atoms with E-state index in [2.05, 4.69) is 30.8 Å². The first-order valence-corrected chi connectivity index (χ1v) is 6.96. The Labute approximate surface area is 116 Å². The minimum atomic E-state index is -0.413. The van der Waals surface area contributed by atoms with Crippen molar-refractivity contribution in [1.29, 1.82) is 0 Å². The van der Waals surface area contributed by atoms with Crippen LogP contribution in [0.4, 0.5) is 5.95 Å². The zero-order valence-corrected chi connectivity index (χ0v) is 12.7. The molecule has 98 valence electrons. The molecule has 0 spiro atoms. The van der Waals surface area contributed by atoms with Crippen LogP contribution in [0.1, 0.15) is 27.7 Å². The summed E-state index contributed by atoms with van der Waals surface area (Å²) >= 11 is 3.59. The number of aromatic nitrogens is 2. The van der Waals surface area contributed by atoms with Gasteiger partial charge in [0.25, 0.3) is 0 Å². The Morgan fingerprint density at radius 1 is 1.28 bits per heavy atom. The molecule has 7 heteroatoms. The molecule has 3 heterocycles. The third kappa shape index (κ3) is 1.64. The van der Waals surface area contributed by atoms with E-state index in [9.17, 15) is 0 Å². The predicted octanol–water partition coefficient (Wildman–Crippen LogP) is 1.37. The number of rotatable bonds is 1. The van der Waals surface area contributed by atoms with Gasteiger partial charge in [0.2, 0.25) is 5.95 Å². The van der Waals surface area contributed by atoms with E-state index in [1.165, 1.54) is 0 Å². The van der Waals surface area contributed by atoms with Gasteiger partial charge in [0.1, 0.15) is 10.2 Å². The van der Waals surface area contributed by atoms with Crippen LogP contribution in [0.25, 0.3) is 0 Å². The average molecular weight is 314 g/mol. The van der Waals surface area contributed by atoms with Crippen molar-refractivity contribution in [1.82, 2.24) is 9.55 Å². The van der Waals surface area contributed by atoms with Crippen molar-refractivity contribution in [3.63, 3.8) is 0 Å². The summed E-state index contributed by atoms with van der Waals surface area (Å²) in [5.41, 5.74) is 0.146. The first-order chi connectivity index (χ1) is 8.32. The van der Waals surface area contributed by atoms with Gasteiger partial charge in [0, 0.05) is 13.1 Å². The topological polar surface area (TPSA) is 48.3 Å². The highest BCUT2D eigenvalue weighted by atomic mass is 79.9. The Hall–Kier alpha value is -0.525. The number of imidazole rings is 1. The summed E-state index contributed by atoms with van der Waals surface area (Å²) in [6.07, 6.45) is 0. The maximum atomic E-state index is 6.01. The Bertz CT molecular complexity index is 485. The van der Waals surface area contributed by atoms with Gasteiger partial charge < -0.3 is 19.2 Å². The van der Waals surface area contributed by atoms with Gasteiger partial charge >= 0.3 is 7.12 Å². The lowest BCUT2D eigenvalue weighted by Crippen LogP contribution is -2.41. The van der Waals surface area contributed by atoms with Gasteiger partial charge in [0.15, 0.2) is 0 Å². The van der Waals surface area contributed by atoms with E-state index in [1.807, 2.05) is 27.7 Å². The van der Waals surface area contributed by atoms with Crippen LogP contribution >= 0.6 is 15.9 Å². The summed E-state index contributed by atoms with van der Waals surface area (Å²) in [5.74, 6) is 0.881. The molecule has 0 unspecified atom stereocenters. The van der Waals surface area contributed by atoms with Crippen LogP contribution < -0.4 is 10.9 Å². The molecule has 1 saturated heterocycles. The summed E-state index contributed by atoms with van der Waals surface area (Å²) < 4.78 is 15.1. The number of halogens is 1. The second kappa shape index (κ2) is 3.74. The van der Waals surface area contributed by atoms with Crippen LogP contribution in [0, 0.1) is 0 Å². The monoisotopic (exact) mass is 313 g/mol. The number of nitrogens with zero attached hydrogens (tertiary/aromatic N) is 2. The van der Waals surface area contributed by atoms with Gasteiger partial charge in [0.05, 0.1) is 11.2 Å². The third-order valence-electron chi connectivity index (χ3n) is 4.03. The molecular weight excluding hydrogens is 297 g/mol. The second-order valence-electron chi connectivity index (χ2n) is 5.78. The summed E-state index contributed by atoms with van der Waals surface area (Å²) in [6, 6.07) is 0. The first kappa shape index (κ1) is 12.5. The quantitative estimate of drug-likeness (QED) is 0.796. The maximum absolute atomic E-state index is 6.01. The molecule has 0 amide bonds. The molecule has 0 saturated carbocycles. The highest BCUT2D eigenvalue weighted by Crippen LogP contribution is 2.37. The molecule has 0 aromatic carbocycles. The van der Waals surface area contributed by atoms with Crippen molar-refractivity contribution in [3.8, 4) is 0 Å². The van der Waals surface area contributed by atoms with Crippen LogP contribution in [-0.2, 0) is 15.9 Å². The van der Waals surface area contributed by atoms with Gasteiger partial charge in [-0.25, -0.2) is 4.98 Å². The van der Waals surface area contributed by atoms with Crippen molar-refractivity contribution in [2.45, 2.75) is 45.4 Å². The molecule has 1 N–H and O–H groups in total. The summed E-state index contributed by atoms with van der Waals surface area (Å²) in [4.78, 5) is 4.56. The summed E-state index contributed by atoms with van der Waals surface area (Å²) in [5, 5.41) is 3.24. The van der Waals surface area contributed by atoms with Crippen LogP contribution in [-0.4, -0.2) is 34.4 Å². The van der Waals surface area contributed by atoms with Crippen LogP contribution in [0.2, 0.25) is 0 Å². The molecule has 0 bridgehead atoms. The molecule has 18 heavy (non-hydrogen) atoms. The number of nitrogens with one attached hydrogen (secondary N) is 1. The van der Waals surface area contributed by atoms with E-state index in [1.54, 1.807) is 0 Å². The number of hydrogen-bond donors (Lipinski definition) is 1. The van der Waals surface area contributed by atoms with Crippen molar-refractivity contribution < 1.29 is 9.31 Å². The van der Waals surface area contributed by atoms with E-state index in [0.717, 1.165) is 29.2 Å². The first-order valence-electron chi connectivity index (χ1n) is 6.17. The third-order valence-corrected chi connectivity index (χ3v) is 4.86. The molecule has 2 aliphatic rings. The van der Waals surface area contributed by atoms with E-state index >= 15 is 0 Å². The van der Waals surface area contributed by atoms with Crippen molar-refractivity contribution >= 4 is 34.6 Å². The fourth-order valence-corrected chi connectivity index (χ4v) is 2.80.